The lowest BCUT2D eigenvalue weighted by molar-refractivity contribution is 0.102. The molecular weight excluding hydrogens is 384 g/mol. The second-order valence-electron chi connectivity index (χ2n) is 7.50. The second-order valence-corrected chi connectivity index (χ2v) is 7.50. The molecule has 0 spiro atoms. The highest BCUT2D eigenvalue weighted by molar-refractivity contribution is 6.04. The SMILES string of the molecule is COc1ccc(NC(=O)c2ccc3nnc([C@H]4CCN(C(=O)N(C)C)C4)n3c2)cc1. The first-order valence-corrected chi connectivity index (χ1v) is 9.72. The molecule has 2 aromatic heterocycles. The lowest BCUT2D eigenvalue weighted by Gasteiger charge is -2.21. The molecule has 9 heteroatoms. The van der Waals surface area contributed by atoms with E-state index in [1.165, 1.54) is 0 Å². The van der Waals surface area contributed by atoms with Crippen molar-refractivity contribution < 1.29 is 14.3 Å². The van der Waals surface area contributed by atoms with Gasteiger partial charge in [-0.1, -0.05) is 0 Å². The maximum Gasteiger partial charge on any atom is 0.319 e. The van der Waals surface area contributed by atoms with Crippen molar-refractivity contribution in [2.24, 2.45) is 0 Å². The van der Waals surface area contributed by atoms with Crippen LogP contribution in [0.4, 0.5) is 10.5 Å². The molecule has 0 aliphatic carbocycles. The van der Waals surface area contributed by atoms with Gasteiger partial charge in [-0.3, -0.25) is 9.20 Å². The number of rotatable bonds is 4. The highest BCUT2D eigenvalue weighted by atomic mass is 16.5. The third kappa shape index (κ3) is 3.78. The van der Waals surface area contributed by atoms with Crippen LogP contribution in [0, 0.1) is 0 Å². The molecule has 0 unspecified atom stereocenters. The highest BCUT2D eigenvalue weighted by Crippen LogP contribution is 2.27. The molecule has 9 nitrogen and oxygen atoms in total. The van der Waals surface area contributed by atoms with Crippen LogP contribution < -0.4 is 10.1 Å². The summed E-state index contributed by atoms with van der Waals surface area (Å²) in [5.74, 6) is 1.33. The summed E-state index contributed by atoms with van der Waals surface area (Å²) < 4.78 is 6.98. The zero-order valence-electron chi connectivity index (χ0n) is 17.2. The Balaban J connectivity index is 1.54. The number of nitrogens with zero attached hydrogens (tertiary/aromatic N) is 5. The first-order chi connectivity index (χ1) is 14.5. The van der Waals surface area contributed by atoms with Gasteiger partial charge in [0, 0.05) is 45.0 Å². The molecule has 4 rings (SSSR count). The van der Waals surface area contributed by atoms with Crippen LogP contribution in [0.5, 0.6) is 5.75 Å². The normalized spacial score (nSPS) is 16.0. The van der Waals surface area contributed by atoms with E-state index >= 15 is 0 Å². The van der Waals surface area contributed by atoms with Crippen LogP contribution in [0.15, 0.2) is 42.6 Å². The highest BCUT2D eigenvalue weighted by Gasteiger charge is 2.31. The van der Waals surface area contributed by atoms with Gasteiger partial charge in [0.15, 0.2) is 5.65 Å². The third-order valence-corrected chi connectivity index (χ3v) is 5.25. The molecule has 1 atom stereocenters. The van der Waals surface area contributed by atoms with E-state index < -0.39 is 0 Å². The van der Waals surface area contributed by atoms with E-state index in [4.69, 9.17) is 4.74 Å². The van der Waals surface area contributed by atoms with Crippen LogP contribution in [0.25, 0.3) is 5.65 Å². The Morgan fingerprint density at radius 3 is 2.60 bits per heavy atom. The Labute approximate surface area is 174 Å². The van der Waals surface area contributed by atoms with Gasteiger partial charge in [0.05, 0.1) is 12.7 Å². The number of aromatic nitrogens is 3. The van der Waals surface area contributed by atoms with E-state index in [9.17, 15) is 9.59 Å². The number of anilines is 1. The number of hydrogen-bond donors (Lipinski definition) is 1. The summed E-state index contributed by atoms with van der Waals surface area (Å²) in [6.07, 6.45) is 2.56. The maximum absolute atomic E-state index is 12.7. The van der Waals surface area contributed by atoms with Crippen molar-refractivity contribution in [2.45, 2.75) is 12.3 Å². The Morgan fingerprint density at radius 1 is 1.13 bits per heavy atom. The summed E-state index contributed by atoms with van der Waals surface area (Å²) in [5, 5.41) is 11.4. The molecule has 1 aliphatic heterocycles. The fraction of sp³-hybridized carbons (Fsp3) is 0.333. The molecule has 3 heterocycles. The first kappa shape index (κ1) is 19.7. The molecule has 156 valence electrons. The Bertz CT molecular complexity index is 1080. The Morgan fingerprint density at radius 2 is 1.90 bits per heavy atom. The molecule has 1 fully saturated rings. The summed E-state index contributed by atoms with van der Waals surface area (Å²) in [6.45, 7) is 1.26. The minimum atomic E-state index is -0.224. The van der Waals surface area contributed by atoms with E-state index in [0.717, 1.165) is 18.0 Å². The van der Waals surface area contributed by atoms with Crippen molar-refractivity contribution in [2.75, 3.05) is 39.6 Å². The number of nitrogens with one attached hydrogen (secondary N) is 1. The summed E-state index contributed by atoms with van der Waals surface area (Å²) in [5.41, 5.74) is 1.85. The minimum absolute atomic E-state index is 0.00845. The number of likely N-dealkylation sites (tertiary alicyclic amines) is 1. The van der Waals surface area contributed by atoms with Crippen molar-refractivity contribution >= 4 is 23.3 Å². The third-order valence-electron chi connectivity index (χ3n) is 5.25. The molecule has 3 aromatic rings. The number of fused-ring (bicyclic) bond motifs is 1. The molecule has 0 saturated carbocycles. The van der Waals surface area contributed by atoms with E-state index in [-0.39, 0.29) is 17.9 Å². The summed E-state index contributed by atoms with van der Waals surface area (Å²) in [6, 6.07) is 10.6. The van der Waals surface area contributed by atoms with Crippen LogP contribution in [0.1, 0.15) is 28.5 Å². The zero-order valence-corrected chi connectivity index (χ0v) is 17.2. The first-order valence-electron chi connectivity index (χ1n) is 9.72. The number of hydrogen-bond acceptors (Lipinski definition) is 5. The minimum Gasteiger partial charge on any atom is -0.497 e. The maximum atomic E-state index is 12.7. The quantitative estimate of drug-likeness (QED) is 0.716. The van der Waals surface area contributed by atoms with Gasteiger partial charge in [-0.05, 0) is 42.8 Å². The lowest BCUT2D eigenvalue weighted by Crippen LogP contribution is -2.37. The predicted octanol–water partition coefficient (Wildman–Crippen LogP) is 2.46. The van der Waals surface area contributed by atoms with Crippen LogP contribution >= 0.6 is 0 Å². The number of carbonyl (C=O) groups is 2. The molecule has 30 heavy (non-hydrogen) atoms. The van der Waals surface area contributed by atoms with Crippen LogP contribution in [0.3, 0.4) is 0 Å². The largest absolute Gasteiger partial charge is 0.497 e. The van der Waals surface area contributed by atoms with E-state index in [2.05, 4.69) is 15.5 Å². The molecule has 1 aliphatic rings. The smallest absolute Gasteiger partial charge is 0.319 e. The predicted molar refractivity (Wildman–Crippen MR) is 112 cm³/mol. The molecule has 1 N–H and O–H groups in total. The van der Waals surface area contributed by atoms with Crippen molar-refractivity contribution in [3.63, 3.8) is 0 Å². The van der Waals surface area contributed by atoms with Gasteiger partial charge in [0.25, 0.3) is 5.91 Å². The van der Waals surface area contributed by atoms with Crippen LogP contribution in [-0.2, 0) is 0 Å². The van der Waals surface area contributed by atoms with Crippen molar-refractivity contribution in [3.8, 4) is 5.75 Å². The van der Waals surface area contributed by atoms with Crippen molar-refractivity contribution in [3.05, 3.63) is 54.0 Å². The van der Waals surface area contributed by atoms with E-state index in [0.29, 0.717) is 30.0 Å². The Kier molecular flexibility index (Phi) is 5.26. The van der Waals surface area contributed by atoms with Crippen LogP contribution in [-0.4, -0.2) is 70.6 Å². The number of carbonyl (C=O) groups excluding carboxylic acids is 2. The lowest BCUT2D eigenvalue weighted by atomic mass is 10.1. The second kappa shape index (κ2) is 8.02. The van der Waals surface area contributed by atoms with Gasteiger partial charge in [-0.2, -0.15) is 0 Å². The molecule has 0 bridgehead atoms. The van der Waals surface area contributed by atoms with Gasteiger partial charge in [-0.15, -0.1) is 10.2 Å². The average Bonchev–Trinajstić information content (AvgIpc) is 3.40. The molecule has 3 amide bonds. The number of pyridine rings is 1. The van der Waals surface area contributed by atoms with Gasteiger partial charge in [0.1, 0.15) is 11.6 Å². The number of ether oxygens (including phenoxy) is 1. The number of benzene rings is 1. The van der Waals surface area contributed by atoms with E-state index in [1.807, 2.05) is 9.30 Å². The van der Waals surface area contributed by atoms with Crippen molar-refractivity contribution in [1.82, 2.24) is 24.4 Å². The summed E-state index contributed by atoms with van der Waals surface area (Å²) in [4.78, 5) is 28.3. The average molecular weight is 408 g/mol. The zero-order chi connectivity index (χ0) is 21.3. The van der Waals surface area contributed by atoms with Gasteiger partial charge < -0.3 is 19.9 Å². The van der Waals surface area contributed by atoms with Gasteiger partial charge >= 0.3 is 6.03 Å². The van der Waals surface area contributed by atoms with E-state index in [1.54, 1.807) is 68.7 Å². The monoisotopic (exact) mass is 408 g/mol. The van der Waals surface area contributed by atoms with Crippen LogP contribution in [0.2, 0.25) is 0 Å². The summed E-state index contributed by atoms with van der Waals surface area (Å²) >= 11 is 0. The number of urea groups is 1. The number of amides is 3. The fourth-order valence-electron chi connectivity index (χ4n) is 3.63. The molecule has 1 saturated heterocycles. The van der Waals surface area contributed by atoms with Gasteiger partial charge in [-0.25, -0.2) is 4.79 Å². The molecule has 1 aromatic carbocycles. The van der Waals surface area contributed by atoms with Crippen molar-refractivity contribution in [1.29, 1.82) is 0 Å². The fourth-order valence-corrected chi connectivity index (χ4v) is 3.63. The van der Waals surface area contributed by atoms with Gasteiger partial charge in [0.2, 0.25) is 0 Å². The molecular formula is C21H24N6O3. The Hall–Kier alpha value is -3.62. The molecule has 0 radical (unpaired) electrons. The standard InChI is InChI=1S/C21H24N6O3/c1-25(2)21(29)26-11-10-14(12-26)19-24-23-18-9-4-15(13-27(18)19)20(28)22-16-5-7-17(30-3)8-6-16/h4-9,13-14H,10-12H2,1-3H3,(H,22,28)/t14-/m0/s1. The number of methoxy groups -OCH3 is 1. The summed E-state index contributed by atoms with van der Waals surface area (Å²) in [7, 11) is 5.09. The topological polar surface area (TPSA) is 92.1 Å².